The molecule has 0 bridgehead atoms. The highest BCUT2D eigenvalue weighted by Gasteiger charge is 2.16. The summed E-state index contributed by atoms with van der Waals surface area (Å²) < 4.78 is 0. The van der Waals surface area contributed by atoms with Gasteiger partial charge in [-0.05, 0) is 13.8 Å². The molecule has 0 aliphatic rings. The van der Waals surface area contributed by atoms with Crippen molar-refractivity contribution >= 4 is 17.4 Å². The summed E-state index contributed by atoms with van der Waals surface area (Å²) in [6.45, 7) is 4.41. The van der Waals surface area contributed by atoms with Crippen LogP contribution in [-0.2, 0) is 0 Å². The molecule has 1 heterocycles. The fourth-order valence-electron chi connectivity index (χ4n) is 1.35. The van der Waals surface area contributed by atoms with Crippen molar-refractivity contribution in [2.75, 3.05) is 11.4 Å². The van der Waals surface area contributed by atoms with Crippen LogP contribution in [0.4, 0.5) is 5.82 Å². The van der Waals surface area contributed by atoms with E-state index in [-0.39, 0.29) is 16.6 Å². The number of aromatic nitrogens is 2. The lowest BCUT2D eigenvalue weighted by atomic mass is 10.3. The summed E-state index contributed by atoms with van der Waals surface area (Å²) in [6.07, 6.45) is 1.67. The Hall–Kier alpha value is -1.54. The lowest BCUT2D eigenvalue weighted by molar-refractivity contribution is 0.675. The van der Waals surface area contributed by atoms with Gasteiger partial charge in [0.25, 0.3) is 5.56 Å². The van der Waals surface area contributed by atoms with Crippen molar-refractivity contribution in [3.05, 3.63) is 21.7 Å². The summed E-state index contributed by atoms with van der Waals surface area (Å²) in [6, 6.07) is 2.18. The zero-order valence-corrected chi connectivity index (χ0v) is 9.95. The quantitative estimate of drug-likeness (QED) is 0.867. The van der Waals surface area contributed by atoms with Gasteiger partial charge in [0.15, 0.2) is 5.82 Å². The van der Waals surface area contributed by atoms with Crippen LogP contribution < -0.4 is 10.5 Å². The average molecular weight is 241 g/mol. The molecule has 0 unspecified atom stereocenters. The predicted octanol–water partition coefficient (Wildman–Crippen LogP) is 1.55. The van der Waals surface area contributed by atoms with Gasteiger partial charge >= 0.3 is 0 Å². The van der Waals surface area contributed by atoms with Crippen LogP contribution in [-0.4, -0.2) is 22.6 Å². The molecule has 1 rings (SSSR count). The van der Waals surface area contributed by atoms with Crippen molar-refractivity contribution in [2.45, 2.75) is 26.3 Å². The number of rotatable bonds is 4. The van der Waals surface area contributed by atoms with Gasteiger partial charge in [-0.1, -0.05) is 11.6 Å². The molecule has 0 spiro atoms. The molecule has 0 radical (unpaired) electrons. The molecule has 0 aliphatic carbocycles. The van der Waals surface area contributed by atoms with Crippen LogP contribution in [0.15, 0.2) is 11.1 Å². The molecule has 86 valence electrons. The Morgan fingerprint density at radius 2 is 2.38 bits per heavy atom. The van der Waals surface area contributed by atoms with Gasteiger partial charge in [-0.2, -0.15) is 5.26 Å². The Morgan fingerprint density at radius 3 is 2.94 bits per heavy atom. The Balaban J connectivity index is 3.07. The Bertz CT molecular complexity index is 449. The van der Waals surface area contributed by atoms with E-state index < -0.39 is 0 Å². The average Bonchev–Trinajstić information content (AvgIpc) is 2.24. The number of aromatic amines is 1. The van der Waals surface area contributed by atoms with E-state index in [1.165, 1.54) is 6.33 Å². The summed E-state index contributed by atoms with van der Waals surface area (Å²) in [5.74, 6) is 0.427. The van der Waals surface area contributed by atoms with E-state index in [0.717, 1.165) is 0 Å². The lowest BCUT2D eigenvalue weighted by Gasteiger charge is -2.27. The number of hydrogen-bond donors (Lipinski definition) is 1. The van der Waals surface area contributed by atoms with E-state index in [0.29, 0.717) is 18.8 Å². The molecule has 0 amide bonds. The maximum atomic E-state index is 11.3. The smallest absolute Gasteiger partial charge is 0.271 e. The first-order chi connectivity index (χ1) is 7.57. The monoisotopic (exact) mass is 240 g/mol. The second-order valence-electron chi connectivity index (χ2n) is 3.56. The number of hydrogen-bond acceptors (Lipinski definition) is 4. The van der Waals surface area contributed by atoms with Crippen molar-refractivity contribution in [3.63, 3.8) is 0 Å². The third-order valence-electron chi connectivity index (χ3n) is 2.14. The van der Waals surface area contributed by atoms with Crippen molar-refractivity contribution in [3.8, 4) is 6.07 Å². The molecule has 0 atom stereocenters. The summed E-state index contributed by atoms with van der Waals surface area (Å²) in [5.41, 5.74) is -0.366. The predicted molar refractivity (Wildman–Crippen MR) is 62.6 cm³/mol. The topological polar surface area (TPSA) is 72.8 Å². The number of anilines is 1. The van der Waals surface area contributed by atoms with Gasteiger partial charge in [-0.15, -0.1) is 0 Å². The number of nitriles is 1. The lowest BCUT2D eigenvalue weighted by Crippen LogP contribution is -2.33. The fraction of sp³-hybridized carbons (Fsp3) is 0.500. The van der Waals surface area contributed by atoms with Crippen molar-refractivity contribution in [1.29, 1.82) is 5.26 Å². The van der Waals surface area contributed by atoms with E-state index in [1.54, 1.807) is 0 Å². The van der Waals surface area contributed by atoms with Gasteiger partial charge in [0, 0.05) is 12.6 Å². The number of nitrogens with one attached hydrogen (secondary N) is 1. The molecule has 6 heteroatoms. The fourth-order valence-corrected chi connectivity index (χ4v) is 1.56. The highest BCUT2D eigenvalue weighted by atomic mass is 35.5. The standard InChI is InChI=1S/C10H13ClN4O/c1-7(2)15(5-3-4-12)9-8(11)10(16)14-6-13-9/h6-7H,3,5H2,1-2H3,(H,13,14,16). The molecular formula is C10H13ClN4O. The van der Waals surface area contributed by atoms with Crippen molar-refractivity contribution < 1.29 is 0 Å². The van der Waals surface area contributed by atoms with Crippen molar-refractivity contribution in [2.24, 2.45) is 0 Å². The zero-order chi connectivity index (χ0) is 12.1. The normalized spacial score (nSPS) is 10.2. The van der Waals surface area contributed by atoms with Gasteiger partial charge in [-0.25, -0.2) is 4.98 Å². The highest BCUT2D eigenvalue weighted by Crippen LogP contribution is 2.20. The molecule has 1 N–H and O–H groups in total. The van der Waals surface area contributed by atoms with E-state index in [2.05, 4.69) is 16.0 Å². The van der Waals surface area contributed by atoms with Gasteiger partial charge in [0.05, 0.1) is 18.8 Å². The van der Waals surface area contributed by atoms with E-state index in [1.807, 2.05) is 18.7 Å². The second kappa shape index (κ2) is 5.52. The Kier molecular flexibility index (Phi) is 4.32. The minimum absolute atomic E-state index is 0.0640. The molecule has 1 aromatic heterocycles. The minimum Gasteiger partial charge on any atom is -0.352 e. The zero-order valence-electron chi connectivity index (χ0n) is 9.20. The number of H-pyrrole nitrogens is 1. The maximum Gasteiger partial charge on any atom is 0.271 e. The molecule has 0 saturated heterocycles. The first kappa shape index (κ1) is 12.5. The number of nitrogens with zero attached hydrogens (tertiary/aromatic N) is 3. The highest BCUT2D eigenvalue weighted by molar-refractivity contribution is 6.32. The molecule has 0 aliphatic heterocycles. The van der Waals surface area contributed by atoms with Crippen LogP contribution >= 0.6 is 11.6 Å². The van der Waals surface area contributed by atoms with Gasteiger partial charge in [0.1, 0.15) is 5.02 Å². The summed E-state index contributed by atoms with van der Waals surface area (Å²) in [4.78, 5) is 19.6. The van der Waals surface area contributed by atoms with Gasteiger partial charge < -0.3 is 9.88 Å². The molecule has 1 aromatic rings. The summed E-state index contributed by atoms with van der Waals surface area (Å²) in [5, 5.41) is 8.63. The van der Waals surface area contributed by atoms with E-state index in [4.69, 9.17) is 16.9 Å². The molecule has 0 fully saturated rings. The Morgan fingerprint density at radius 1 is 1.69 bits per heavy atom. The molecule has 0 aromatic carbocycles. The third-order valence-corrected chi connectivity index (χ3v) is 2.48. The van der Waals surface area contributed by atoms with Gasteiger partial charge in [0.2, 0.25) is 0 Å². The van der Waals surface area contributed by atoms with Crippen LogP contribution in [0.1, 0.15) is 20.3 Å². The van der Waals surface area contributed by atoms with Crippen LogP contribution in [0.25, 0.3) is 0 Å². The molecule has 0 saturated carbocycles. The molecular weight excluding hydrogens is 228 g/mol. The maximum absolute atomic E-state index is 11.3. The Labute approximate surface area is 98.7 Å². The van der Waals surface area contributed by atoms with Crippen LogP contribution in [0.2, 0.25) is 5.02 Å². The van der Waals surface area contributed by atoms with Crippen LogP contribution in [0, 0.1) is 11.3 Å². The molecule has 16 heavy (non-hydrogen) atoms. The van der Waals surface area contributed by atoms with Crippen molar-refractivity contribution in [1.82, 2.24) is 9.97 Å². The van der Waals surface area contributed by atoms with E-state index in [9.17, 15) is 4.79 Å². The first-order valence-electron chi connectivity index (χ1n) is 4.94. The van der Waals surface area contributed by atoms with Crippen LogP contribution in [0.5, 0.6) is 0 Å². The summed E-state index contributed by atoms with van der Waals surface area (Å²) in [7, 11) is 0. The second-order valence-corrected chi connectivity index (χ2v) is 3.94. The SMILES string of the molecule is CC(C)N(CCC#N)c1nc[nH]c(=O)c1Cl. The van der Waals surface area contributed by atoms with E-state index >= 15 is 0 Å². The third kappa shape index (κ3) is 2.74. The minimum atomic E-state index is -0.366. The first-order valence-corrected chi connectivity index (χ1v) is 5.32. The molecule has 5 nitrogen and oxygen atoms in total. The van der Waals surface area contributed by atoms with Gasteiger partial charge in [-0.3, -0.25) is 4.79 Å². The van der Waals surface area contributed by atoms with Crippen LogP contribution in [0.3, 0.4) is 0 Å². The largest absolute Gasteiger partial charge is 0.352 e. The summed E-state index contributed by atoms with van der Waals surface area (Å²) >= 11 is 5.88. The number of halogens is 1.